The molecule has 0 spiro atoms. The number of rotatable bonds is 10. The van der Waals surface area contributed by atoms with E-state index in [2.05, 4.69) is 13.8 Å². The van der Waals surface area contributed by atoms with Crippen LogP contribution < -0.4 is 0 Å². The molecule has 0 saturated carbocycles. The van der Waals surface area contributed by atoms with Crippen LogP contribution in [-0.2, 0) is 33.3 Å². The van der Waals surface area contributed by atoms with Gasteiger partial charge in [0.05, 0.1) is 0 Å². The molecule has 1 saturated heterocycles. The zero-order valence-corrected chi connectivity index (χ0v) is 22.3. The van der Waals surface area contributed by atoms with Crippen molar-refractivity contribution >= 4 is 23.7 Å². The van der Waals surface area contributed by atoms with Gasteiger partial charge in [-0.3, -0.25) is 9.59 Å². The molecule has 36 heavy (non-hydrogen) atoms. The molecule has 0 aromatic heterocycles. The van der Waals surface area contributed by atoms with Gasteiger partial charge < -0.3 is 23.7 Å². The zero-order chi connectivity index (χ0) is 25.6. The first kappa shape index (κ1) is 28.7. The third kappa shape index (κ3) is 9.21. The van der Waals surface area contributed by atoms with Crippen molar-refractivity contribution in [1.29, 1.82) is 0 Å². The molecule has 0 unspecified atom stereocenters. The van der Waals surface area contributed by atoms with Crippen LogP contribution in [0, 0.1) is 0 Å². The number of hydrogen-bond acceptors (Lipinski definition) is 8. The third-order valence-electron chi connectivity index (χ3n) is 6.08. The van der Waals surface area contributed by atoms with Gasteiger partial charge >= 0.3 is 11.9 Å². The second kappa shape index (κ2) is 16.1. The van der Waals surface area contributed by atoms with Gasteiger partial charge in [-0.15, -0.1) is 0 Å². The zero-order valence-electron chi connectivity index (χ0n) is 21.5. The number of ether oxygens (including phenoxy) is 5. The Morgan fingerprint density at radius 1 is 0.889 bits per heavy atom. The van der Waals surface area contributed by atoms with Crippen LogP contribution in [0.4, 0.5) is 0 Å². The summed E-state index contributed by atoms with van der Waals surface area (Å²) in [6.07, 6.45) is 6.80. The number of thioether (sulfide) groups is 1. The highest BCUT2D eigenvalue weighted by molar-refractivity contribution is 7.99. The van der Waals surface area contributed by atoms with E-state index in [-0.39, 0.29) is 31.4 Å². The quantitative estimate of drug-likeness (QED) is 0.229. The van der Waals surface area contributed by atoms with Crippen molar-refractivity contribution in [3.05, 3.63) is 42.5 Å². The molecule has 5 atom stereocenters. The molecular weight excluding hydrogens is 480 g/mol. The number of carbonyl (C=O) groups excluding carboxylic acids is 2. The lowest BCUT2D eigenvalue weighted by Crippen LogP contribution is -2.61. The molecule has 3 rings (SSSR count). The third-order valence-corrected chi connectivity index (χ3v) is 7.23. The van der Waals surface area contributed by atoms with Crippen LogP contribution in [0.25, 0.3) is 0 Å². The summed E-state index contributed by atoms with van der Waals surface area (Å²) < 4.78 is 30.8. The molecule has 2 aliphatic rings. The van der Waals surface area contributed by atoms with E-state index in [9.17, 15) is 9.59 Å². The largest absolute Gasteiger partial charge is 0.463 e. The number of fused-ring (bicyclic) bond motifs is 1. The SMILES string of the molecule is CCCCO[C@@H]1[C@@H](OCCCC)[C@H](Sc2ccccc2)O[C@@H]2COC(=O)CC/C=C/CCC(=O)O[C@@H]12. The van der Waals surface area contributed by atoms with Crippen LogP contribution in [0.15, 0.2) is 47.4 Å². The lowest BCUT2D eigenvalue weighted by molar-refractivity contribution is -0.243. The molecule has 7 nitrogen and oxygen atoms in total. The van der Waals surface area contributed by atoms with Gasteiger partial charge in [-0.25, -0.2) is 0 Å². The van der Waals surface area contributed by atoms with Crippen LogP contribution in [0.2, 0.25) is 0 Å². The van der Waals surface area contributed by atoms with Crippen molar-refractivity contribution in [1.82, 2.24) is 0 Å². The Labute approximate surface area is 219 Å². The number of esters is 2. The first-order valence-electron chi connectivity index (χ1n) is 13.2. The van der Waals surface area contributed by atoms with Crippen LogP contribution in [0.3, 0.4) is 0 Å². The fourth-order valence-electron chi connectivity index (χ4n) is 4.07. The van der Waals surface area contributed by atoms with Gasteiger partial charge in [0, 0.05) is 31.0 Å². The molecule has 8 heteroatoms. The van der Waals surface area contributed by atoms with Gasteiger partial charge in [0.15, 0.2) is 6.10 Å². The van der Waals surface area contributed by atoms with Gasteiger partial charge in [0.2, 0.25) is 0 Å². The summed E-state index contributed by atoms with van der Waals surface area (Å²) in [4.78, 5) is 26.2. The summed E-state index contributed by atoms with van der Waals surface area (Å²) in [6.45, 7) is 5.27. The normalized spacial score (nSPS) is 28.6. The second-order valence-corrected chi connectivity index (χ2v) is 10.2. The lowest BCUT2D eigenvalue weighted by Gasteiger charge is -2.45. The number of benzene rings is 1. The average Bonchev–Trinajstić information content (AvgIpc) is 2.89. The average molecular weight is 521 g/mol. The molecule has 0 amide bonds. The highest BCUT2D eigenvalue weighted by Crippen LogP contribution is 2.37. The molecule has 200 valence electrons. The molecule has 2 aliphatic heterocycles. The first-order chi connectivity index (χ1) is 17.6. The van der Waals surface area contributed by atoms with E-state index in [0.717, 1.165) is 30.6 Å². The van der Waals surface area contributed by atoms with Crippen molar-refractivity contribution in [2.24, 2.45) is 0 Å². The summed E-state index contributed by atoms with van der Waals surface area (Å²) in [5.74, 6) is -0.626. The van der Waals surface area contributed by atoms with E-state index in [1.54, 1.807) is 11.8 Å². The van der Waals surface area contributed by atoms with E-state index in [1.165, 1.54) is 0 Å². The molecule has 0 N–H and O–H groups in total. The highest BCUT2D eigenvalue weighted by Gasteiger charge is 2.50. The maximum absolute atomic E-state index is 12.8. The van der Waals surface area contributed by atoms with Crippen LogP contribution in [0.1, 0.15) is 65.2 Å². The molecule has 1 aromatic rings. The Kier molecular flexibility index (Phi) is 12.8. The minimum Gasteiger partial charge on any atom is -0.463 e. The summed E-state index contributed by atoms with van der Waals surface area (Å²) in [5, 5.41) is 0. The van der Waals surface area contributed by atoms with Crippen LogP contribution in [0.5, 0.6) is 0 Å². The fourth-order valence-corrected chi connectivity index (χ4v) is 5.22. The van der Waals surface area contributed by atoms with Gasteiger partial charge in [0.1, 0.15) is 30.4 Å². The molecular formula is C28H40O7S. The molecule has 1 fully saturated rings. The number of allylic oxidation sites excluding steroid dienone is 2. The predicted octanol–water partition coefficient (Wildman–Crippen LogP) is 5.46. The summed E-state index contributed by atoms with van der Waals surface area (Å²) >= 11 is 1.54. The highest BCUT2D eigenvalue weighted by atomic mass is 32.2. The van der Waals surface area contributed by atoms with Crippen molar-refractivity contribution < 1.29 is 33.3 Å². The molecule has 0 aliphatic carbocycles. The van der Waals surface area contributed by atoms with Crippen molar-refractivity contribution in [3.8, 4) is 0 Å². The minimum absolute atomic E-state index is 0.0122. The summed E-state index contributed by atoms with van der Waals surface area (Å²) in [6, 6.07) is 9.97. The smallest absolute Gasteiger partial charge is 0.306 e. The van der Waals surface area contributed by atoms with Gasteiger partial charge in [-0.2, -0.15) is 0 Å². The van der Waals surface area contributed by atoms with E-state index in [0.29, 0.717) is 26.1 Å². The van der Waals surface area contributed by atoms with Gasteiger partial charge in [-0.1, -0.05) is 68.8 Å². The maximum atomic E-state index is 12.8. The summed E-state index contributed by atoms with van der Waals surface area (Å²) in [5.41, 5.74) is -0.424. The lowest BCUT2D eigenvalue weighted by atomic mass is 9.99. The minimum atomic E-state index is -0.744. The molecule has 0 bridgehead atoms. The Morgan fingerprint density at radius 2 is 1.53 bits per heavy atom. The Hall–Kier alpha value is -1.87. The molecule has 1 aromatic carbocycles. The van der Waals surface area contributed by atoms with Gasteiger partial charge in [0.25, 0.3) is 0 Å². The Morgan fingerprint density at radius 3 is 2.19 bits per heavy atom. The number of hydrogen-bond donors (Lipinski definition) is 0. The van der Waals surface area contributed by atoms with E-state index in [4.69, 9.17) is 23.7 Å². The monoisotopic (exact) mass is 520 g/mol. The standard InChI is InChI=1S/C28H40O7S/c1-3-5-18-31-26-25-22(20-33-23(29)16-12-7-8-13-17-24(30)35-25)34-28(27(26)32-19-6-4-2)36-21-14-10-9-11-15-21/h7-11,14-15,22,25-28H,3-6,12-13,16-20H2,1-2H3/b8-7+/t22-,25-,26+,27-,28+/m1/s1. The van der Waals surface area contributed by atoms with E-state index < -0.39 is 29.9 Å². The topological polar surface area (TPSA) is 80.3 Å². The fraction of sp³-hybridized carbons (Fsp3) is 0.643. The predicted molar refractivity (Wildman–Crippen MR) is 139 cm³/mol. The Balaban J connectivity index is 1.91. The second-order valence-electron chi connectivity index (χ2n) is 9.04. The van der Waals surface area contributed by atoms with Crippen molar-refractivity contribution in [2.75, 3.05) is 19.8 Å². The Bertz CT molecular complexity index is 815. The van der Waals surface area contributed by atoms with Crippen molar-refractivity contribution in [3.63, 3.8) is 0 Å². The maximum Gasteiger partial charge on any atom is 0.306 e. The van der Waals surface area contributed by atoms with Gasteiger partial charge in [-0.05, 0) is 37.8 Å². The van der Waals surface area contributed by atoms with E-state index >= 15 is 0 Å². The number of cyclic esters (lactones) is 1. The first-order valence-corrected chi connectivity index (χ1v) is 14.1. The van der Waals surface area contributed by atoms with E-state index in [1.807, 2.05) is 42.5 Å². The van der Waals surface area contributed by atoms with Crippen molar-refractivity contribution in [2.45, 2.75) is 100.0 Å². The van der Waals surface area contributed by atoms with Crippen LogP contribution in [-0.4, -0.2) is 61.6 Å². The number of carbonyl (C=O) groups is 2. The molecule has 2 heterocycles. The van der Waals surface area contributed by atoms with Crippen LogP contribution >= 0.6 is 11.8 Å². The molecule has 0 radical (unpaired) electrons. The summed E-state index contributed by atoms with van der Waals surface area (Å²) in [7, 11) is 0. The number of unbranched alkanes of at least 4 members (excludes halogenated alkanes) is 2.